The summed E-state index contributed by atoms with van der Waals surface area (Å²) in [5.41, 5.74) is 2.00. The maximum absolute atomic E-state index is 11.9. The van der Waals surface area contributed by atoms with Gasteiger partial charge in [-0.25, -0.2) is 0 Å². The van der Waals surface area contributed by atoms with Crippen molar-refractivity contribution in [2.24, 2.45) is 0 Å². The van der Waals surface area contributed by atoms with Gasteiger partial charge in [0, 0.05) is 17.8 Å². The molecule has 2 aromatic heterocycles. The Hall–Kier alpha value is -3.09. The van der Waals surface area contributed by atoms with Crippen LogP contribution in [0.4, 0.5) is 5.82 Å². The van der Waals surface area contributed by atoms with Gasteiger partial charge in [0.25, 0.3) is 5.91 Å². The lowest BCUT2D eigenvalue weighted by molar-refractivity contribution is 0.102. The summed E-state index contributed by atoms with van der Waals surface area (Å²) in [5.74, 6) is 0.855. The van der Waals surface area contributed by atoms with E-state index in [1.54, 1.807) is 19.2 Å². The van der Waals surface area contributed by atoms with Gasteiger partial charge in [0.1, 0.15) is 11.4 Å². The van der Waals surface area contributed by atoms with Gasteiger partial charge in [-0.1, -0.05) is 12.1 Å². The summed E-state index contributed by atoms with van der Waals surface area (Å²) in [7, 11) is 1.61. The van der Waals surface area contributed by atoms with Gasteiger partial charge in [-0.15, -0.1) is 0 Å². The fourth-order valence-corrected chi connectivity index (χ4v) is 1.96. The summed E-state index contributed by atoms with van der Waals surface area (Å²) < 4.78 is 5.30. The first-order valence-electron chi connectivity index (χ1n) is 6.27. The molecule has 0 fully saturated rings. The standard InChI is InChI=1S/C14H13N5O2/c1-21-12-5-3-2-4-9(12)11-8-13(19-18-11)16-14(20)10-6-7-15-17-10/h2-8H,1H3,(H,15,17)(H2,16,18,19,20). The van der Waals surface area contributed by atoms with Crippen molar-refractivity contribution in [3.8, 4) is 17.0 Å². The van der Waals surface area contributed by atoms with Crippen LogP contribution in [0.25, 0.3) is 11.3 Å². The number of carbonyl (C=O) groups excluding carboxylic acids is 1. The van der Waals surface area contributed by atoms with Crippen molar-refractivity contribution in [1.29, 1.82) is 0 Å². The van der Waals surface area contributed by atoms with E-state index in [0.29, 0.717) is 11.5 Å². The quantitative estimate of drug-likeness (QED) is 0.683. The molecule has 0 aliphatic rings. The predicted molar refractivity (Wildman–Crippen MR) is 77.1 cm³/mol. The normalized spacial score (nSPS) is 10.3. The highest BCUT2D eigenvalue weighted by Crippen LogP contribution is 2.29. The number of nitrogens with one attached hydrogen (secondary N) is 3. The molecule has 7 heteroatoms. The van der Waals surface area contributed by atoms with Crippen molar-refractivity contribution >= 4 is 11.7 Å². The maximum atomic E-state index is 11.9. The number of amides is 1. The van der Waals surface area contributed by atoms with Gasteiger partial charge in [0.05, 0.1) is 12.8 Å². The monoisotopic (exact) mass is 283 g/mol. The fraction of sp³-hybridized carbons (Fsp3) is 0.0714. The van der Waals surface area contributed by atoms with Crippen LogP contribution in [0.1, 0.15) is 10.5 Å². The zero-order chi connectivity index (χ0) is 14.7. The number of benzene rings is 1. The van der Waals surface area contributed by atoms with Crippen molar-refractivity contribution in [1.82, 2.24) is 20.4 Å². The van der Waals surface area contributed by atoms with E-state index >= 15 is 0 Å². The lowest BCUT2D eigenvalue weighted by Gasteiger charge is -2.05. The van der Waals surface area contributed by atoms with Crippen LogP contribution in [0.5, 0.6) is 5.75 Å². The lowest BCUT2D eigenvalue weighted by Crippen LogP contribution is -2.12. The highest BCUT2D eigenvalue weighted by atomic mass is 16.5. The molecule has 7 nitrogen and oxygen atoms in total. The number of ether oxygens (including phenoxy) is 1. The van der Waals surface area contributed by atoms with Crippen molar-refractivity contribution in [3.05, 3.63) is 48.3 Å². The maximum Gasteiger partial charge on any atom is 0.274 e. The SMILES string of the molecule is COc1ccccc1-c1cc(NC(=O)c2ccn[nH]2)n[nH]1. The summed E-state index contributed by atoms with van der Waals surface area (Å²) in [4.78, 5) is 11.9. The molecule has 3 rings (SSSR count). The van der Waals surface area contributed by atoms with E-state index in [9.17, 15) is 4.79 Å². The van der Waals surface area contributed by atoms with E-state index in [1.165, 1.54) is 6.20 Å². The molecule has 0 aliphatic heterocycles. The van der Waals surface area contributed by atoms with E-state index in [4.69, 9.17) is 4.74 Å². The molecule has 0 aliphatic carbocycles. The minimum absolute atomic E-state index is 0.300. The zero-order valence-corrected chi connectivity index (χ0v) is 11.3. The largest absolute Gasteiger partial charge is 0.496 e. The molecular weight excluding hydrogens is 270 g/mol. The van der Waals surface area contributed by atoms with E-state index in [2.05, 4.69) is 25.7 Å². The van der Waals surface area contributed by atoms with E-state index in [-0.39, 0.29) is 5.91 Å². The molecule has 0 atom stereocenters. The minimum atomic E-state index is -0.300. The number of hydrogen-bond acceptors (Lipinski definition) is 4. The molecule has 3 N–H and O–H groups in total. The Balaban J connectivity index is 1.82. The van der Waals surface area contributed by atoms with Crippen LogP contribution in [0.15, 0.2) is 42.6 Å². The Morgan fingerprint density at radius 3 is 2.86 bits per heavy atom. The van der Waals surface area contributed by atoms with E-state index in [1.807, 2.05) is 24.3 Å². The third kappa shape index (κ3) is 2.62. The van der Waals surface area contributed by atoms with Crippen molar-refractivity contribution in [3.63, 3.8) is 0 Å². The first-order chi connectivity index (χ1) is 10.3. The number of hydrogen-bond donors (Lipinski definition) is 3. The number of rotatable bonds is 4. The number of H-pyrrole nitrogens is 2. The van der Waals surface area contributed by atoms with Gasteiger partial charge in [-0.2, -0.15) is 10.2 Å². The van der Waals surface area contributed by atoms with Crippen LogP contribution in [0.3, 0.4) is 0 Å². The summed E-state index contributed by atoms with van der Waals surface area (Å²) >= 11 is 0. The molecule has 0 saturated carbocycles. The molecule has 3 aromatic rings. The third-order valence-electron chi connectivity index (χ3n) is 2.96. The van der Waals surface area contributed by atoms with Crippen LogP contribution in [-0.4, -0.2) is 33.4 Å². The molecule has 1 amide bonds. The molecule has 0 saturated heterocycles. The number of anilines is 1. The Morgan fingerprint density at radius 2 is 2.10 bits per heavy atom. The van der Waals surface area contributed by atoms with Gasteiger partial charge in [-0.3, -0.25) is 15.0 Å². The molecule has 0 unspecified atom stereocenters. The number of para-hydroxylation sites is 1. The van der Waals surface area contributed by atoms with Crippen LogP contribution in [-0.2, 0) is 0 Å². The Kier molecular flexibility index (Phi) is 3.38. The number of aromatic amines is 2. The molecule has 106 valence electrons. The molecular formula is C14H13N5O2. The highest BCUT2D eigenvalue weighted by Gasteiger charge is 2.12. The highest BCUT2D eigenvalue weighted by molar-refractivity contribution is 6.02. The van der Waals surface area contributed by atoms with Gasteiger partial charge in [-0.05, 0) is 18.2 Å². The average molecular weight is 283 g/mol. The molecule has 2 heterocycles. The lowest BCUT2D eigenvalue weighted by atomic mass is 10.1. The second-order valence-corrected chi connectivity index (χ2v) is 4.29. The molecule has 1 aromatic carbocycles. The van der Waals surface area contributed by atoms with Crippen LogP contribution in [0, 0.1) is 0 Å². The van der Waals surface area contributed by atoms with Crippen molar-refractivity contribution in [2.75, 3.05) is 12.4 Å². The van der Waals surface area contributed by atoms with Gasteiger partial charge in [0.15, 0.2) is 5.82 Å². The summed E-state index contributed by atoms with van der Waals surface area (Å²) in [5, 5.41) is 16.0. The molecule has 21 heavy (non-hydrogen) atoms. The van der Waals surface area contributed by atoms with Crippen molar-refractivity contribution in [2.45, 2.75) is 0 Å². The molecule has 0 spiro atoms. The average Bonchev–Trinajstić information content (AvgIpc) is 3.18. The summed E-state index contributed by atoms with van der Waals surface area (Å²) in [6, 6.07) is 10.9. The summed E-state index contributed by atoms with van der Waals surface area (Å²) in [6.07, 6.45) is 1.51. The first-order valence-corrected chi connectivity index (χ1v) is 6.27. The fourth-order valence-electron chi connectivity index (χ4n) is 1.96. The van der Waals surface area contributed by atoms with Crippen LogP contribution in [0.2, 0.25) is 0 Å². The smallest absolute Gasteiger partial charge is 0.274 e. The van der Waals surface area contributed by atoms with Gasteiger partial charge < -0.3 is 10.1 Å². The molecule has 0 radical (unpaired) electrons. The number of nitrogens with zero attached hydrogens (tertiary/aromatic N) is 2. The summed E-state index contributed by atoms with van der Waals surface area (Å²) in [6.45, 7) is 0. The number of methoxy groups -OCH3 is 1. The van der Waals surface area contributed by atoms with Gasteiger partial charge in [0.2, 0.25) is 0 Å². The zero-order valence-electron chi connectivity index (χ0n) is 11.3. The van der Waals surface area contributed by atoms with Crippen LogP contribution >= 0.6 is 0 Å². The second-order valence-electron chi connectivity index (χ2n) is 4.29. The minimum Gasteiger partial charge on any atom is -0.496 e. The Bertz CT molecular complexity index is 748. The van der Waals surface area contributed by atoms with E-state index in [0.717, 1.165) is 17.0 Å². The van der Waals surface area contributed by atoms with Gasteiger partial charge >= 0.3 is 0 Å². The Morgan fingerprint density at radius 1 is 1.24 bits per heavy atom. The van der Waals surface area contributed by atoms with E-state index < -0.39 is 0 Å². The first kappa shape index (κ1) is 12.9. The Labute approximate surface area is 120 Å². The second kappa shape index (κ2) is 5.49. The topological polar surface area (TPSA) is 95.7 Å². The predicted octanol–water partition coefficient (Wildman–Crippen LogP) is 2.06. The molecule has 0 bridgehead atoms. The van der Waals surface area contributed by atoms with Crippen molar-refractivity contribution < 1.29 is 9.53 Å². The number of aromatic nitrogens is 4. The van der Waals surface area contributed by atoms with Crippen LogP contribution < -0.4 is 10.1 Å². The third-order valence-corrected chi connectivity index (χ3v) is 2.96. The number of carbonyl (C=O) groups is 1.